The molecule has 0 aromatic heterocycles. The molecule has 1 rings (SSSR count). The van der Waals surface area contributed by atoms with E-state index in [-0.39, 0.29) is 0 Å². The molecular formula is C11H19NO. The number of nitrogens with zero attached hydrogens (tertiary/aromatic N) is 1. The van der Waals surface area contributed by atoms with Crippen molar-refractivity contribution in [3.8, 4) is 6.07 Å². The summed E-state index contributed by atoms with van der Waals surface area (Å²) >= 11 is 0. The molecule has 74 valence electrons. The first-order valence-corrected chi connectivity index (χ1v) is 5.19. The van der Waals surface area contributed by atoms with Crippen LogP contribution in [0.2, 0.25) is 0 Å². The van der Waals surface area contributed by atoms with E-state index in [9.17, 15) is 0 Å². The Morgan fingerprint density at radius 1 is 1.46 bits per heavy atom. The normalized spacial score (nSPS) is 39.8. The van der Waals surface area contributed by atoms with Gasteiger partial charge in [0.25, 0.3) is 0 Å². The summed E-state index contributed by atoms with van der Waals surface area (Å²) in [7, 11) is 0. The van der Waals surface area contributed by atoms with Crippen molar-refractivity contribution in [2.24, 2.45) is 11.8 Å². The van der Waals surface area contributed by atoms with Gasteiger partial charge in [-0.2, -0.15) is 5.26 Å². The third kappa shape index (κ3) is 2.22. The predicted octanol–water partition coefficient (Wildman–Crippen LogP) is 2.74. The second-order valence-corrected chi connectivity index (χ2v) is 4.24. The van der Waals surface area contributed by atoms with Crippen molar-refractivity contribution in [1.82, 2.24) is 0 Å². The van der Waals surface area contributed by atoms with Gasteiger partial charge in [0.15, 0.2) is 5.60 Å². The third-order valence-corrected chi connectivity index (χ3v) is 3.25. The van der Waals surface area contributed by atoms with Crippen molar-refractivity contribution in [3.05, 3.63) is 0 Å². The van der Waals surface area contributed by atoms with Crippen molar-refractivity contribution in [3.63, 3.8) is 0 Å². The van der Waals surface area contributed by atoms with E-state index >= 15 is 0 Å². The fourth-order valence-corrected chi connectivity index (χ4v) is 2.11. The summed E-state index contributed by atoms with van der Waals surface area (Å²) in [6, 6.07) is 2.35. The number of ether oxygens (including phenoxy) is 1. The molecule has 0 aromatic rings. The zero-order valence-corrected chi connectivity index (χ0v) is 8.84. The highest BCUT2D eigenvalue weighted by Crippen LogP contribution is 2.38. The molecule has 1 aliphatic rings. The van der Waals surface area contributed by atoms with Crippen LogP contribution < -0.4 is 0 Å². The fourth-order valence-electron chi connectivity index (χ4n) is 2.11. The Labute approximate surface area is 80.9 Å². The molecule has 0 amide bonds. The van der Waals surface area contributed by atoms with Gasteiger partial charge in [0.2, 0.25) is 0 Å². The van der Waals surface area contributed by atoms with Gasteiger partial charge >= 0.3 is 0 Å². The van der Waals surface area contributed by atoms with Crippen LogP contribution in [0.25, 0.3) is 0 Å². The van der Waals surface area contributed by atoms with Gasteiger partial charge in [0, 0.05) is 6.61 Å². The summed E-state index contributed by atoms with van der Waals surface area (Å²) in [5.74, 6) is 1.35. The highest BCUT2D eigenvalue weighted by atomic mass is 16.5. The molecule has 0 spiro atoms. The molecule has 0 aromatic carbocycles. The quantitative estimate of drug-likeness (QED) is 0.656. The molecule has 0 saturated heterocycles. The monoisotopic (exact) mass is 181 g/mol. The molecule has 3 atom stereocenters. The minimum Gasteiger partial charge on any atom is -0.360 e. The molecule has 0 bridgehead atoms. The Morgan fingerprint density at radius 3 is 2.62 bits per heavy atom. The molecule has 0 radical (unpaired) electrons. The molecule has 0 heterocycles. The molecule has 0 N–H and O–H groups in total. The van der Waals surface area contributed by atoms with Crippen LogP contribution in [-0.4, -0.2) is 12.2 Å². The summed E-state index contributed by atoms with van der Waals surface area (Å²) in [6.45, 7) is 7.09. The zero-order chi connectivity index (χ0) is 9.90. The fraction of sp³-hybridized carbons (Fsp3) is 0.909. The SMILES string of the molecule is CCOC1(C#N)CCC(C)C(C)C1. The van der Waals surface area contributed by atoms with Crippen LogP contribution >= 0.6 is 0 Å². The molecule has 1 aliphatic carbocycles. The summed E-state index contributed by atoms with van der Waals surface area (Å²) in [6.07, 6.45) is 2.93. The topological polar surface area (TPSA) is 33.0 Å². The molecule has 2 nitrogen and oxygen atoms in total. The Morgan fingerprint density at radius 2 is 2.15 bits per heavy atom. The molecule has 2 heteroatoms. The van der Waals surface area contributed by atoms with E-state index in [4.69, 9.17) is 10.00 Å². The summed E-state index contributed by atoms with van der Waals surface area (Å²) in [4.78, 5) is 0. The maximum absolute atomic E-state index is 9.10. The number of hydrogen-bond acceptors (Lipinski definition) is 2. The van der Waals surface area contributed by atoms with E-state index < -0.39 is 5.60 Å². The first kappa shape index (κ1) is 10.5. The minimum absolute atomic E-state index is 0.472. The smallest absolute Gasteiger partial charge is 0.154 e. The van der Waals surface area contributed by atoms with Gasteiger partial charge in [-0.1, -0.05) is 13.8 Å². The third-order valence-electron chi connectivity index (χ3n) is 3.25. The van der Waals surface area contributed by atoms with E-state index in [0.717, 1.165) is 25.2 Å². The van der Waals surface area contributed by atoms with Gasteiger partial charge < -0.3 is 4.74 Å². The zero-order valence-electron chi connectivity index (χ0n) is 8.84. The highest BCUT2D eigenvalue weighted by molar-refractivity contribution is 5.05. The molecule has 1 saturated carbocycles. The van der Waals surface area contributed by atoms with Crippen LogP contribution in [-0.2, 0) is 4.74 Å². The van der Waals surface area contributed by atoms with E-state index in [1.54, 1.807) is 0 Å². The van der Waals surface area contributed by atoms with Crippen molar-refractivity contribution in [2.75, 3.05) is 6.61 Å². The lowest BCUT2D eigenvalue weighted by Crippen LogP contribution is -2.39. The van der Waals surface area contributed by atoms with Crippen LogP contribution in [0.1, 0.15) is 40.0 Å². The summed E-state index contributed by atoms with van der Waals surface area (Å²) < 4.78 is 5.58. The molecule has 0 aliphatic heterocycles. The Balaban J connectivity index is 2.64. The highest BCUT2D eigenvalue weighted by Gasteiger charge is 2.38. The van der Waals surface area contributed by atoms with Gasteiger partial charge in [-0.15, -0.1) is 0 Å². The van der Waals surface area contributed by atoms with Crippen LogP contribution in [0.5, 0.6) is 0 Å². The molecular weight excluding hydrogens is 162 g/mol. The average Bonchev–Trinajstić information content (AvgIpc) is 2.12. The second-order valence-electron chi connectivity index (χ2n) is 4.24. The van der Waals surface area contributed by atoms with Crippen LogP contribution in [0.3, 0.4) is 0 Å². The number of hydrogen-bond donors (Lipinski definition) is 0. The molecule has 13 heavy (non-hydrogen) atoms. The van der Waals surface area contributed by atoms with Crippen molar-refractivity contribution < 1.29 is 4.74 Å². The maximum Gasteiger partial charge on any atom is 0.154 e. The van der Waals surface area contributed by atoms with Gasteiger partial charge in [0.1, 0.15) is 0 Å². The maximum atomic E-state index is 9.10. The standard InChI is InChI=1S/C11H19NO/c1-4-13-11(8-12)6-5-9(2)10(3)7-11/h9-10H,4-7H2,1-3H3. The van der Waals surface area contributed by atoms with E-state index in [1.165, 1.54) is 0 Å². The van der Waals surface area contributed by atoms with Crippen molar-refractivity contribution >= 4 is 0 Å². The van der Waals surface area contributed by atoms with Gasteiger partial charge in [-0.25, -0.2) is 0 Å². The lowest BCUT2D eigenvalue weighted by molar-refractivity contribution is -0.0448. The molecule has 3 unspecified atom stereocenters. The van der Waals surface area contributed by atoms with Gasteiger partial charge in [-0.3, -0.25) is 0 Å². The minimum atomic E-state index is -0.472. The van der Waals surface area contributed by atoms with E-state index in [0.29, 0.717) is 12.5 Å². The first-order chi connectivity index (χ1) is 6.13. The predicted molar refractivity (Wildman–Crippen MR) is 52.1 cm³/mol. The summed E-state index contributed by atoms with van der Waals surface area (Å²) in [5.41, 5.74) is -0.472. The second kappa shape index (κ2) is 4.11. The lowest BCUT2D eigenvalue weighted by Gasteiger charge is -2.37. The van der Waals surface area contributed by atoms with Gasteiger partial charge in [0.05, 0.1) is 6.07 Å². The lowest BCUT2D eigenvalue weighted by atomic mass is 9.73. The van der Waals surface area contributed by atoms with Crippen LogP contribution in [0, 0.1) is 23.2 Å². The Hall–Kier alpha value is -0.550. The first-order valence-electron chi connectivity index (χ1n) is 5.19. The van der Waals surface area contributed by atoms with Crippen molar-refractivity contribution in [1.29, 1.82) is 5.26 Å². The van der Waals surface area contributed by atoms with Crippen molar-refractivity contribution in [2.45, 2.75) is 45.6 Å². The average molecular weight is 181 g/mol. The van der Waals surface area contributed by atoms with E-state index in [2.05, 4.69) is 19.9 Å². The van der Waals surface area contributed by atoms with E-state index in [1.807, 2.05) is 6.92 Å². The Bertz CT molecular complexity index is 209. The largest absolute Gasteiger partial charge is 0.360 e. The van der Waals surface area contributed by atoms with Gasteiger partial charge in [-0.05, 0) is 38.0 Å². The van der Waals surface area contributed by atoms with Crippen LogP contribution in [0.15, 0.2) is 0 Å². The summed E-state index contributed by atoms with van der Waals surface area (Å²) in [5, 5.41) is 9.10. The Kier molecular flexibility index (Phi) is 3.33. The molecule has 1 fully saturated rings. The van der Waals surface area contributed by atoms with Crippen LogP contribution in [0.4, 0.5) is 0 Å². The number of nitriles is 1. The number of rotatable bonds is 2.